The molecule has 0 aliphatic carbocycles. The molecule has 1 rings (SSSR count). The average Bonchev–Trinajstić information content (AvgIpc) is 2.40. The van der Waals surface area contributed by atoms with Gasteiger partial charge in [-0.15, -0.1) is 0 Å². The zero-order valence-corrected chi connectivity index (χ0v) is 12.9. The van der Waals surface area contributed by atoms with E-state index in [0.717, 1.165) is 19.1 Å². The van der Waals surface area contributed by atoms with Crippen molar-refractivity contribution in [2.75, 3.05) is 33.2 Å². The van der Waals surface area contributed by atoms with Crippen LogP contribution in [0.25, 0.3) is 0 Å². The van der Waals surface area contributed by atoms with E-state index < -0.39 is 0 Å². The summed E-state index contributed by atoms with van der Waals surface area (Å²) in [6.07, 6.45) is 6.52. The van der Waals surface area contributed by atoms with Gasteiger partial charge < -0.3 is 10.6 Å². The van der Waals surface area contributed by atoms with E-state index in [9.17, 15) is 0 Å². The molecular weight excluding hydrogens is 222 g/mol. The standard InChI is InChI=1S/C15H33N3/c1-5-9-15(3,6-2)18-12-7-14(8-13-18)17-11-10-16-4/h14,16-17H,5-13H2,1-4H3. The maximum atomic E-state index is 3.66. The van der Waals surface area contributed by atoms with E-state index in [-0.39, 0.29) is 0 Å². The second-order valence-corrected chi connectivity index (χ2v) is 5.92. The van der Waals surface area contributed by atoms with Crippen molar-refractivity contribution in [3.05, 3.63) is 0 Å². The smallest absolute Gasteiger partial charge is 0.0178 e. The number of likely N-dealkylation sites (N-methyl/N-ethyl adjacent to an activating group) is 1. The molecule has 0 aromatic heterocycles. The van der Waals surface area contributed by atoms with Crippen molar-refractivity contribution in [2.45, 2.75) is 64.5 Å². The number of likely N-dealkylation sites (tertiary alicyclic amines) is 1. The van der Waals surface area contributed by atoms with Gasteiger partial charge in [0.15, 0.2) is 0 Å². The molecule has 0 aromatic carbocycles. The van der Waals surface area contributed by atoms with E-state index in [1.807, 2.05) is 7.05 Å². The summed E-state index contributed by atoms with van der Waals surface area (Å²) in [6, 6.07) is 0.734. The molecule has 1 fully saturated rings. The van der Waals surface area contributed by atoms with Gasteiger partial charge >= 0.3 is 0 Å². The van der Waals surface area contributed by atoms with Crippen molar-refractivity contribution >= 4 is 0 Å². The topological polar surface area (TPSA) is 27.3 Å². The molecule has 2 N–H and O–H groups in total. The summed E-state index contributed by atoms with van der Waals surface area (Å²) in [6.45, 7) is 11.8. The summed E-state index contributed by atoms with van der Waals surface area (Å²) in [4.78, 5) is 2.73. The second-order valence-electron chi connectivity index (χ2n) is 5.92. The van der Waals surface area contributed by atoms with Crippen LogP contribution in [0.2, 0.25) is 0 Å². The third kappa shape index (κ3) is 4.52. The van der Waals surface area contributed by atoms with Crippen LogP contribution in [-0.4, -0.2) is 49.7 Å². The highest BCUT2D eigenvalue weighted by atomic mass is 15.2. The lowest BCUT2D eigenvalue weighted by atomic mass is 9.88. The van der Waals surface area contributed by atoms with E-state index in [2.05, 4.69) is 36.3 Å². The Morgan fingerprint density at radius 2 is 1.83 bits per heavy atom. The molecule has 18 heavy (non-hydrogen) atoms. The van der Waals surface area contributed by atoms with Crippen molar-refractivity contribution in [2.24, 2.45) is 0 Å². The number of piperidine rings is 1. The second kappa shape index (κ2) is 8.13. The van der Waals surface area contributed by atoms with Gasteiger partial charge in [-0.25, -0.2) is 0 Å². The molecule has 108 valence electrons. The zero-order valence-electron chi connectivity index (χ0n) is 12.9. The van der Waals surface area contributed by atoms with Crippen LogP contribution < -0.4 is 10.6 Å². The first kappa shape index (κ1) is 15.9. The van der Waals surface area contributed by atoms with Crippen molar-refractivity contribution < 1.29 is 0 Å². The van der Waals surface area contributed by atoms with Crippen LogP contribution in [0.1, 0.15) is 52.9 Å². The molecule has 1 saturated heterocycles. The number of nitrogens with zero attached hydrogens (tertiary/aromatic N) is 1. The number of rotatable bonds is 8. The van der Waals surface area contributed by atoms with Gasteiger partial charge in [-0.05, 0) is 39.7 Å². The molecule has 0 saturated carbocycles. The lowest BCUT2D eigenvalue weighted by Crippen LogP contribution is -2.52. The number of hydrogen-bond donors (Lipinski definition) is 2. The summed E-state index contributed by atoms with van der Waals surface area (Å²) < 4.78 is 0. The normalized spacial score (nSPS) is 22.0. The van der Waals surface area contributed by atoms with Crippen LogP contribution in [0.5, 0.6) is 0 Å². The van der Waals surface area contributed by atoms with Gasteiger partial charge in [-0.3, -0.25) is 4.90 Å². The maximum absolute atomic E-state index is 3.66. The molecule has 0 amide bonds. The van der Waals surface area contributed by atoms with Crippen LogP contribution in [0, 0.1) is 0 Å². The van der Waals surface area contributed by atoms with Gasteiger partial charge in [0.05, 0.1) is 0 Å². The first-order valence-electron chi connectivity index (χ1n) is 7.79. The Morgan fingerprint density at radius 1 is 1.17 bits per heavy atom. The Hall–Kier alpha value is -0.120. The van der Waals surface area contributed by atoms with E-state index in [1.54, 1.807) is 0 Å². The lowest BCUT2D eigenvalue weighted by Gasteiger charge is -2.45. The highest BCUT2D eigenvalue weighted by molar-refractivity contribution is 4.89. The largest absolute Gasteiger partial charge is 0.318 e. The predicted octanol–water partition coefficient (Wildman–Crippen LogP) is 2.23. The number of nitrogens with one attached hydrogen (secondary N) is 2. The van der Waals surface area contributed by atoms with Crippen LogP contribution >= 0.6 is 0 Å². The molecule has 1 atom stereocenters. The van der Waals surface area contributed by atoms with Gasteiger partial charge in [0, 0.05) is 37.8 Å². The quantitative estimate of drug-likeness (QED) is 0.651. The van der Waals surface area contributed by atoms with Gasteiger partial charge in [-0.1, -0.05) is 20.3 Å². The van der Waals surface area contributed by atoms with Crippen molar-refractivity contribution in [1.29, 1.82) is 0 Å². The SMILES string of the molecule is CCCC(C)(CC)N1CCC(NCCNC)CC1. The molecular formula is C15H33N3. The van der Waals surface area contributed by atoms with Gasteiger partial charge in [0.1, 0.15) is 0 Å². The summed E-state index contributed by atoms with van der Waals surface area (Å²) in [7, 11) is 2.02. The minimum atomic E-state index is 0.435. The van der Waals surface area contributed by atoms with Crippen molar-refractivity contribution in [3.63, 3.8) is 0 Å². The van der Waals surface area contributed by atoms with Crippen molar-refractivity contribution in [1.82, 2.24) is 15.5 Å². The highest BCUT2D eigenvalue weighted by Crippen LogP contribution is 2.28. The minimum absolute atomic E-state index is 0.435. The monoisotopic (exact) mass is 255 g/mol. The van der Waals surface area contributed by atoms with Crippen LogP contribution in [0.4, 0.5) is 0 Å². The minimum Gasteiger partial charge on any atom is -0.318 e. The van der Waals surface area contributed by atoms with Gasteiger partial charge in [0.25, 0.3) is 0 Å². The number of hydrogen-bond acceptors (Lipinski definition) is 3. The van der Waals surface area contributed by atoms with E-state index >= 15 is 0 Å². The summed E-state index contributed by atoms with van der Waals surface area (Å²) in [5.41, 5.74) is 0.435. The molecule has 0 radical (unpaired) electrons. The molecule has 0 bridgehead atoms. The van der Waals surface area contributed by atoms with Gasteiger partial charge in [0.2, 0.25) is 0 Å². The Kier molecular flexibility index (Phi) is 7.20. The van der Waals surface area contributed by atoms with Gasteiger partial charge in [-0.2, -0.15) is 0 Å². The first-order chi connectivity index (χ1) is 8.66. The summed E-state index contributed by atoms with van der Waals surface area (Å²) in [5, 5.41) is 6.85. The lowest BCUT2D eigenvalue weighted by molar-refractivity contribution is 0.0586. The fraction of sp³-hybridized carbons (Fsp3) is 1.00. The molecule has 1 unspecified atom stereocenters. The molecule has 3 nitrogen and oxygen atoms in total. The van der Waals surface area contributed by atoms with Crippen LogP contribution in [0.15, 0.2) is 0 Å². The van der Waals surface area contributed by atoms with Crippen molar-refractivity contribution in [3.8, 4) is 0 Å². The van der Waals surface area contributed by atoms with Crippen LogP contribution in [0.3, 0.4) is 0 Å². The molecule has 0 spiro atoms. The highest BCUT2D eigenvalue weighted by Gasteiger charge is 2.31. The fourth-order valence-electron chi connectivity index (χ4n) is 3.12. The van der Waals surface area contributed by atoms with E-state index in [1.165, 1.54) is 45.2 Å². The summed E-state index contributed by atoms with van der Waals surface area (Å²) in [5.74, 6) is 0. The fourth-order valence-corrected chi connectivity index (χ4v) is 3.12. The first-order valence-corrected chi connectivity index (χ1v) is 7.79. The maximum Gasteiger partial charge on any atom is 0.0178 e. The molecule has 0 aromatic rings. The summed E-state index contributed by atoms with van der Waals surface area (Å²) >= 11 is 0. The predicted molar refractivity (Wildman–Crippen MR) is 80.1 cm³/mol. The third-order valence-electron chi connectivity index (χ3n) is 4.62. The molecule has 1 aliphatic rings. The zero-order chi connectivity index (χ0) is 13.4. The third-order valence-corrected chi connectivity index (χ3v) is 4.62. The molecule has 1 aliphatic heterocycles. The van der Waals surface area contributed by atoms with E-state index in [4.69, 9.17) is 0 Å². The Labute approximate surface area is 114 Å². The molecule has 3 heteroatoms. The Morgan fingerprint density at radius 3 is 2.33 bits per heavy atom. The van der Waals surface area contributed by atoms with Crippen LogP contribution in [-0.2, 0) is 0 Å². The Balaban J connectivity index is 2.33. The molecule has 1 heterocycles. The Bertz CT molecular complexity index is 212. The van der Waals surface area contributed by atoms with E-state index in [0.29, 0.717) is 5.54 Å². The average molecular weight is 255 g/mol.